The van der Waals surface area contributed by atoms with Gasteiger partial charge in [0.2, 0.25) is 5.95 Å². The van der Waals surface area contributed by atoms with E-state index in [-0.39, 0.29) is 5.95 Å². The zero-order chi connectivity index (χ0) is 17.8. The third-order valence-electron chi connectivity index (χ3n) is 3.39. The van der Waals surface area contributed by atoms with Crippen LogP contribution >= 0.6 is 0 Å². The SMILES string of the molecule is CN(C)c1ccc(Nc2nncc(Nc3ccc(F)c(F)c3)n2)cc1. The second-order valence-corrected chi connectivity index (χ2v) is 5.49. The van der Waals surface area contributed by atoms with Gasteiger partial charge in [-0.3, -0.25) is 0 Å². The van der Waals surface area contributed by atoms with E-state index < -0.39 is 11.6 Å². The number of nitrogens with one attached hydrogen (secondary N) is 2. The van der Waals surface area contributed by atoms with Crippen LogP contribution < -0.4 is 15.5 Å². The van der Waals surface area contributed by atoms with Crippen LogP contribution in [-0.2, 0) is 0 Å². The first kappa shape index (κ1) is 16.6. The lowest BCUT2D eigenvalue weighted by Crippen LogP contribution is -2.08. The summed E-state index contributed by atoms with van der Waals surface area (Å²) < 4.78 is 26.2. The Labute approximate surface area is 143 Å². The van der Waals surface area contributed by atoms with Crippen molar-refractivity contribution < 1.29 is 8.78 Å². The van der Waals surface area contributed by atoms with Gasteiger partial charge in [-0.05, 0) is 36.4 Å². The second kappa shape index (κ2) is 7.08. The molecule has 0 aliphatic heterocycles. The minimum atomic E-state index is -0.939. The highest BCUT2D eigenvalue weighted by molar-refractivity contribution is 5.61. The van der Waals surface area contributed by atoms with Gasteiger partial charge in [0.05, 0.1) is 6.20 Å². The molecule has 0 aliphatic carbocycles. The molecule has 2 N–H and O–H groups in total. The van der Waals surface area contributed by atoms with Gasteiger partial charge in [-0.15, -0.1) is 5.10 Å². The summed E-state index contributed by atoms with van der Waals surface area (Å²) >= 11 is 0. The number of aromatic nitrogens is 3. The Morgan fingerprint density at radius 2 is 1.60 bits per heavy atom. The number of nitrogens with zero attached hydrogens (tertiary/aromatic N) is 4. The number of anilines is 5. The van der Waals surface area contributed by atoms with Gasteiger partial charge in [0.1, 0.15) is 0 Å². The smallest absolute Gasteiger partial charge is 0.249 e. The fourth-order valence-electron chi connectivity index (χ4n) is 2.11. The molecule has 0 saturated carbocycles. The van der Waals surface area contributed by atoms with Crippen LogP contribution in [-0.4, -0.2) is 29.3 Å². The van der Waals surface area contributed by atoms with Crippen molar-refractivity contribution in [3.63, 3.8) is 0 Å². The van der Waals surface area contributed by atoms with Gasteiger partial charge in [0.15, 0.2) is 17.5 Å². The van der Waals surface area contributed by atoms with E-state index in [1.165, 1.54) is 12.3 Å². The van der Waals surface area contributed by atoms with Crippen molar-refractivity contribution in [2.24, 2.45) is 0 Å². The standard InChI is InChI=1S/C17H16F2N6/c1-25(2)13-6-3-11(4-7-13)22-17-23-16(10-20-24-17)21-12-5-8-14(18)15(19)9-12/h3-10H,1-2H3,(H2,21,22,23,24). The lowest BCUT2D eigenvalue weighted by Gasteiger charge is -2.13. The Hall–Kier alpha value is -3.29. The van der Waals surface area contributed by atoms with Gasteiger partial charge in [-0.25, -0.2) is 8.78 Å². The average molecular weight is 342 g/mol. The lowest BCUT2D eigenvalue weighted by atomic mass is 10.2. The van der Waals surface area contributed by atoms with Crippen molar-refractivity contribution in [3.8, 4) is 0 Å². The Morgan fingerprint density at radius 3 is 2.28 bits per heavy atom. The van der Waals surface area contributed by atoms with Crippen molar-refractivity contribution in [1.82, 2.24) is 15.2 Å². The number of hydrogen-bond acceptors (Lipinski definition) is 6. The Balaban J connectivity index is 1.73. The molecule has 3 aromatic rings. The number of rotatable bonds is 5. The average Bonchev–Trinajstić information content (AvgIpc) is 2.59. The molecule has 1 heterocycles. The monoisotopic (exact) mass is 342 g/mol. The highest BCUT2D eigenvalue weighted by Gasteiger charge is 2.06. The quantitative estimate of drug-likeness (QED) is 0.737. The van der Waals surface area contributed by atoms with Crippen LogP contribution in [0.2, 0.25) is 0 Å². The van der Waals surface area contributed by atoms with Crippen molar-refractivity contribution in [1.29, 1.82) is 0 Å². The van der Waals surface area contributed by atoms with Gasteiger partial charge >= 0.3 is 0 Å². The van der Waals surface area contributed by atoms with Crippen molar-refractivity contribution >= 4 is 28.8 Å². The molecule has 0 spiro atoms. The minimum absolute atomic E-state index is 0.283. The molecule has 3 rings (SSSR count). The van der Waals surface area contributed by atoms with Gasteiger partial charge in [-0.2, -0.15) is 10.1 Å². The van der Waals surface area contributed by atoms with Crippen LogP contribution in [0, 0.1) is 11.6 Å². The predicted molar refractivity (Wildman–Crippen MR) is 93.5 cm³/mol. The molecule has 0 atom stereocenters. The molecule has 0 aliphatic rings. The second-order valence-electron chi connectivity index (χ2n) is 5.49. The Kier molecular flexibility index (Phi) is 4.69. The predicted octanol–water partition coefficient (Wildman–Crippen LogP) is 3.70. The summed E-state index contributed by atoms with van der Waals surface area (Å²) in [5.74, 6) is -1.21. The summed E-state index contributed by atoms with van der Waals surface area (Å²) in [5, 5.41) is 13.7. The summed E-state index contributed by atoms with van der Waals surface area (Å²) in [6.45, 7) is 0. The first-order valence-electron chi connectivity index (χ1n) is 7.47. The maximum atomic E-state index is 13.3. The van der Waals surface area contributed by atoms with Gasteiger partial charge in [0, 0.05) is 37.2 Å². The van der Waals surface area contributed by atoms with E-state index in [0.717, 1.165) is 23.5 Å². The highest BCUT2D eigenvalue weighted by Crippen LogP contribution is 2.20. The summed E-state index contributed by atoms with van der Waals surface area (Å²) in [4.78, 5) is 6.24. The summed E-state index contributed by atoms with van der Waals surface area (Å²) in [5.41, 5.74) is 2.23. The fourth-order valence-corrected chi connectivity index (χ4v) is 2.11. The molecular weight excluding hydrogens is 326 g/mol. The zero-order valence-electron chi connectivity index (χ0n) is 13.7. The molecule has 128 valence electrons. The molecule has 0 radical (unpaired) electrons. The Bertz CT molecular complexity index is 867. The van der Waals surface area contributed by atoms with Gasteiger partial charge in [0.25, 0.3) is 0 Å². The molecule has 0 fully saturated rings. The maximum absolute atomic E-state index is 13.3. The molecule has 6 nitrogen and oxygen atoms in total. The lowest BCUT2D eigenvalue weighted by molar-refractivity contribution is 0.509. The fraction of sp³-hybridized carbons (Fsp3) is 0.118. The van der Waals surface area contributed by atoms with E-state index in [1.807, 2.05) is 43.3 Å². The number of hydrogen-bond donors (Lipinski definition) is 2. The first-order chi connectivity index (χ1) is 12.0. The molecular formula is C17H16F2N6. The largest absolute Gasteiger partial charge is 0.378 e. The topological polar surface area (TPSA) is 66.0 Å². The third kappa shape index (κ3) is 4.17. The molecule has 0 bridgehead atoms. The third-order valence-corrected chi connectivity index (χ3v) is 3.39. The van der Waals surface area contributed by atoms with Crippen LogP contribution in [0.3, 0.4) is 0 Å². The summed E-state index contributed by atoms with van der Waals surface area (Å²) in [6, 6.07) is 11.2. The van der Waals surface area contributed by atoms with Crippen LogP contribution in [0.1, 0.15) is 0 Å². The Morgan fingerprint density at radius 1 is 0.880 bits per heavy atom. The number of halogens is 2. The van der Waals surface area contributed by atoms with Crippen LogP contribution in [0.25, 0.3) is 0 Å². The van der Waals surface area contributed by atoms with Crippen molar-refractivity contribution in [3.05, 3.63) is 60.3 Å². The van der Waals surface area contributed by atoms with Crippen LogP contribution in [0.5, 0.6) is 0 Å². The molecule has 0 amide bonds. The first-order valence-corrected chi connectivity index (χ1v) is 7.47. The highest BCUT2D eigenvalue weighted by atomic mass is 19.2. The molecule has 2 aromatic carbocycles. The van der Waals surface area contributed by atoms with E-state index in [4.69, 9.17) is 0 Å². The maximum Gasteiger partial charge on any atom is 0.249 e. The molecule has 1 aromatic heterocycles. The van der Waals surface area contributed by atoms with E-state index in [0.29, 0.717) is 11.5 Å². The minimum Gasteiger partial charge on any atom is -0.378 e. The zero-order valence-corrected chi connectivity index (χ0v) is 13.7. The van der Waals surface area contributed by atoms with Crippen molar-refractivity contribution in [2.75, 3.05) is 29.6 Å². The van der Waals surface area contributed by atoms with E-state index >= 15 is 0 Å². The molecule has 25 heavy (non-hydrogen) atoms. The van der Waals surface area contributed by atoms with E-state index in [1.54, 1.807) is 0 Å². The van der Waals surface area contributed by atoms with E-state index in [2.05, 4.69) is 25.8 Å². The van der Waals surface area contributed by atoms with Crippen molar-refractivity contribution in [2.45, 2.75) is 0 Å². The van der Waals surface area contributed by atoms with Crippen LogP contribution in [0.4, 0.5) is 37.6 Å². The molecule has 0 saturated heterocycles. The summed E-state index contributed by atoms with van der Waals surface area (Å²) in [6.07, 6.45) is 1.39. The number of benzene rings is 2. The normalized spacial score (nSPS) is 10.4. The van der Waals surface area contributed by atoms with E-state index in [9.17, 15) is 8.78 Å². The van der Waals surface area contributed by atoms with Crippen LogP contribution in [0.15, 0.2) is 48.7 Å². The molecule has 0 unspecified atom stereocenters. The summed E-state index contributed by atoms with van der Waals surface area (Å²) in [7, 11) is 3.92. The molecule has 8 heteroatoms. The van der Waals surface area contributed by atoms with Gasteiger partial charge < -0.3 is 15.5 Å². The van der Waals surface area contributed by atoms with Gasteiger partial charge in [-0.1, -0.05) is 0 Å².